The van der Waals surface area contributed by atoms with Crippen LogP contribution in [0.5, 0.6) is 0 Å². The van der Waals surface area contributed by atoms with Gasteiger partial charge < -0.3 is 10.8 Å². The number of halogens is 4. The fraction of sp³-hybridized carbons (Fsp3) is 0.333. The molecule has 0 heterocycles. The predicted molar refractivity (Wildman–Crippen MR) is 45.4 cm³/mol. The lowest BCUT2D eigenvalue weighted by molar-refractivity contribution is -0.262. The SMILES string of the molecule is NCC(O)(c1ccc(F)cc1)C(F)(F)F. The van der Waals surface area contributed by atoms with Gasteiger partial charge in [-0.25, -0.2) is 4.39 Å². The van der Waals surface area contributed by atoms with Crippen LogP contribution in [-0.4, -0.2) is 17.8 Å². The van der Waals surface area contributed by atoms with Crippen molar-refractivity contribution in [3.8, 4) is 0 Å². The summed E-state index contributed by atoms with van der Waals surface area (Å²) in [5, 5.41) is 9.35. The van der Waals surface area contributed by atoms with Crippen LogP contribution in [0.2, 0.25) is 0 Å². The van der Waals surface area contributed by atoms with Crippen LogP contribution in [-0.2, 0) is 5.60 Å². The molecule has 0 aliphatic carbocycles. The van der Waals surface area contributed by atoms with E-state index < -0.39 is 29.7 Å². The maximum atomic E-state index is 12.5. The lowest BCUT2D eigenvalue weighted by Gasteiger charge is -2.29. The third kappa shape index (κ3) is 2.10. The van der Waals surface area contributed by atoms with Crippen molar-refractivity contribution in [3.63, 3.8) is 0 Å². The Balaban J connectivity index is 3.18. The molecular formula is C9H9F4NO. The molecule has 0 spiro atoms. The molecule has 0 bridgehead atoms. The average Bonchev–Trinajstić information content (AvgIpc) is 2.16. The number of hydrogen-bond acceptors (Lipinski definition) is 2. The molecule has 6 heteroatoms. The summed E-state index contributed by atoms with van der Waals surface area (Å²) >= 11 is 0. The predicted octanol–water partition coefficient (Wildman–Crippen LogP) is 1.53. The normalized spacial score (nSPS) is 16.1. The quantitative estimate of drug-likeness (QED) is 0.747. The van der Waals surface area contributed by atoms with Crippen molar-refractivity contribution in [2.45, 2.75) is 11.8 Å². The highest BCUT2D eigenvalue weighted by atomic mass is 19.4. The topological polar surface area (TPSA) is 46.2 Å². The Morgan fingerprint density at radius 3 is 1.93 bits per heavy atom. The second-order valence-electron chi connectivity index (χ2n) is 3.07. The van der Waals surface area contributed by atoms with Gasteiger partial charge in [-0.2, -0.15) is 13.2 Å². The van der Waals surface area contributed by atoms with E-state index in [2.05, 4.69) is 0 Å². The van der Waals surface area contributed by atoms with E-state index >= 15 is 0 Å². The summed E-state index contributed by atoms with van der Waals surface area (Å²) in [4.78, 5) is 0. The fourth-order valence-corrected chi connectivity index (χ4v) is 1.12. The summed E-state index contributed by atoms with van der Waals surface area (Å²) in [5.41, 5.74) is 1.30. The highest BCUT2D eigenvalue weighted by molar-refractivity contribution is 5.25. The van der Waals surface area contributed by atoms with Gasteiger partial charge in [0.05, 0.1) is 0 Å². The summed E-state index contributed by atoms with van der Waals surface area (Å²) in [6.45, 7) is -1.01. The lowest BCUT2D eigenvalue weighted by atomic mass is 9.93. The molecule has 1 atom stereocenters. The minimum atomic E-state index is -4.89. The molecule has 15 heavy (non-hydrogen) atoms. The second kappa shape index (κ2) is 3.79. The first-order valence-electron chi connectivity index (χ1n) is 4.06. The van der Waals surface area contributed by atoms with Crippen molar-refractivity contribution >= 4 is 0 Å². The fourth-order valence-electron chi connectivity index (χ4n) is 1.12. The Labute approximate surface area is 83.3 Å². The van der Waals surface area contributed by atoms with Crippen molar-refractivity contribution in [2.75, 3.05) is 6.54 Å². The van der Waals surface area contributed by atoms with E-state index in [4.69, 9.17) is 5.73 Å². The Hall–Kier alpha value is -1.14. The van der Waals surface area contributed by atoms with Gasteiger partial charge in [0.15, 0.2) is 5.60 Å². The van der Waals surface area contributed by atoms with Crippen LogP contribution >= 0.6 is 0 Å². The molecule has 0 fully saturated rings. The van der Waals surface area contributed by atoms with Crippen molar-refractivity contribution in [2.24, 2.45) is 5.73 Å². The van der Waals surface area contributed by atoms with E-state index in [9.17, 15) is 22.7 Å². The van der Waals surface area contributed by atoms with Crippen LogP contribution in [0.1, 0.15) is 5.56 Å². The number of nitrogens with two attached hydrogens (primary N) is 1. The van der Waals surface area contributed by atoms with Crippen molar-refractivity contribution in [1.29, 1.82) is 0 Å². The van der Waals surface area contributed by atoms with Gasteiger partial charge >= 0.3 is 6.18 Å². The summed E-state index contributed by atoms with van der Waals surface area (Å²) in [5.74, 6) is -0.680. The Morgan fingerprint density at radius 2 is 1.60 bits per heavy atom. The molecule has 1 unspecified atom stereocenters. The molecule has 0 aliphatic rings. The molecular weight excluding hydrogens is 214 g/mol. The van der Waals surface area contributed by atoms with Crippen LogP contribution in [0.15, 0.2) is 24.3 Å². The number of hydrogen-bond donors (Lipinski definition) is 2. The largest absolute Gasteiger partial charge is 0.422 e. The van der Waals surface area contributed by atoms with Gasteiger partial charge in [-0.05, 0) is 17.7 Å². The van der Waals surface area contributed by atoms with Gasteiger partial charge in [0.2, 0.25) is 0 Å². The number of alkyl halides is 3. The van der Waals surface area contributed by atoms with E-state index in [1.165, 1.54) is 0 Å². The highest BCUT2D eigenvalue weighted by Crippen LogP contribution is 2.37. The van der Waals surface area contributed by atoms with Crippen LogP contribution in [0.25, 0.3) is 0 Å². The second-order valence-corrected chi connectivity index (χ2v) is 3.07. The molecule has 1 aromatic rings. The van der Waals surface area contributed by atoms with Gasteiger partial charge in [0.1, 0.15) is 5.82 Å². The maximum absolute atomic E-state index is 12.5. The van der Waals surface area contributed by atoms with Crippen molar-refractivity contribution in [1.82, 2.24) is 0 Å². The molecule has 1 rings (SSSR count). The van der Waals surface area contributed by atoms with Crippen LogP contribution in [0.3, 0.4) is 0 Å². The standard InChI is InChI=1S/C9H9F4NO/c10-7-3-1-6(2-4-7)8(15,5-14)9(11,12)13/h1-4,15H,5,14H2. The van der Waals surface area contributed by atoms with Crippen LogP contribution in [0, 0.1) is 5.82 Å². The zero-order valence-electron chi connectivity index (χ0n) is 7.55. The van der Waals surface area contributed by atoms with E-state index in [1.54, 1.807) is 0 Å². The van der Waals surface area contributed by atoms with E-state index in [1.807, 2.05) is 0 Å². The van der Waals surface area contributed by atoms with Gasteiger partial charge in [-0.1, -0.05) is 12.1 Å². The van der Waals surface area contributed by atoms with Gasteiger partial charge in [-0.15, -0.1) is 0 Å². The molecule has 3 N–H and O–H groups in total. The van der Waals surface area contributed by atoms with Crippen molar-refractivity contribution < 1.29 is 22.7 Å². The first kappa shape index (κ1) is 11.9. The zero-order valence-corrected chi connectivity index (χ0v) is 7.55. The minimum Gasteiger partial charge on any atom is -0.375 e. The molecule has 2 nitrogen and oxygen atoms in total. The van der Waals surface area contributed by atoms with Gasteiger partial charge in [0, 0.05) is 6.54 Å². The molecule has 0 saturated carbocycles. The third-order valence-corrected chi connectivity index (χ3v) is 2.09. The van der Waals surface area contributed by atoms with Crippen LogP contribution < -0.4 is 5.73 Å². The Bertz CT molecular complexity index is 335. The van der Waals surface area contributed by atoms with E-state index in [-0.39, 0.29) is 0 Å². The van der Waals surface area contributed by atoms with Crippen molar-refractivity contribution in [3.05, 3.63) is 35.6 Å². The molecule has 0 radical (unpaired) electrons. The van der Waals surface area contributed by atoms with Gasteiger partial charge in [0.25, 0.3) is 0 Å². The molecule has 0 aromatic heterocycles. The molecule has 84 valence electrons. The lowest BCUT2D eigenvalue weighted by Crippen LogP contribution is -2.48. The van der Waals surface area contributed by atoms with E-state index in [0.29, 0.717) is 0 Å². The van der Waals surface area contributed by atoms with E-state index in [0.717, 1.165) is 24.3 Å². The minimum absolute atomic E-state index is 0.473. The van der Waals surface area contributed by atoms with Gasteiger partial charge in [-0.3, -0.25) is 0 Å². The summed E-state index contributed by atoms with van der Waals surface area (Å²) < 4.78 is 49.9. The first-order chi connectivity index (χ1) is 6.81. The number of benzene rings is 1. The summed E-state index contributed by atoms with van der Waals surface area (Å²) in [7, 11) is 0. The number of aliphatic hydroxyl groups is 1. The number of rotatable bonds is 2. The third-order valence-electron chi connectivity index (χ3n) is 2.09. The smallest absolute Gasteiger partial charge is 0.375 e. The highest BCUT2D eigenvalue weighted by Gasteiger charge is 2.53. The molecule has 1 aromatic carbocycles. The molecule has 0 amide bonds. The average molecular weight is 223 g/mol. The molecule has 0 saturated heterocycles. The zero-order chi connectivity index (χ0) is 11.7. The molecule has 0 aliphatic heterocycles. The summed E-state index contributed by atoms with van der Waals surface area (Å²) in [6, 6.07) is 3.38. The monoisotopic (exact) mass is 223 g/mol. The maximum Gasteiger partial charge on any atom is 0.422 e. The summed E-state index contributed by atoms with van der Waals surface area (Å²) in [6.07, 6.45) is -4.89. The Kier molecular flexibility index (Phi) is 3.01. The Morgan fingerprint density at radius 1 is 1.13 bits per heavy atom. The van der Waals surface area contributed by atoms with Crippen LogP contribution in [0.4, 0.5) is 17.6 Å². The first-order valence-corrected chi connectivity index (χ1v) is 4.06.